The molecule has 0 bridgehead atoms. The molecular formula is C21H29N3O3. The third-order valence-electron chi connectivity index (χ3n) is 4.96. The fourth-order valence-electron chi connectivity index (χ4n) is 3.51. The lowest BCUT2D eigenvalue weighted by Gasteiger charge is -2.16. The molecule has 0 aliphatic carbocycles. The molecule has 0 saturated carbocycles. The van der Waals surface area contributed by atoms with Gasteiger partial charge < -0.3 is 14.1 Å². The molecule has 6 nitrogen and oxygen atoms in total. The van der Waals surface area contributed by atoms with E-state index in [1.165, 1.54) is 0 Å². The number of aromatic nitrogens is 2. The highest BCUT2D eigenvalue weighted by Crippen LogP contribution is 2.22. The fraction of sp³-hybridized carbons (Fsp3) is 0.571. The van der Waals surface area contributed by atoms with Gasteiger partial charge >= 0.3 is 0 Å². The van der Waals surface area contributed by atoms with Gasteiger partial charge in [0.15, 0.2) is 0 Å². The Kier molecular flexibility index (Phi) is 6.48. The molecule has 1 aliphatic rings. The number of carbonyl (C=O) groups excluding carboxylic acids is 1. The molecule has 0 radical (unpaired) electrons. The minimum Gasteiger partial charge on any atom is -0.497 e. The van der Waals surface area contributed by atoms with Crippen LogP contribution in [0.1, 0.15) is 44.0 Å². The summed E-state index contributed by atoms with van der Waals surface area (Å²) in [6, 6.07) is 7.90. The van der Waals surface area contributed by atoms with Crippen molar-refractivity contribution in [3.8, 4) is 5.75 Å². The van der Waals surface area contributed by atoms with Crippen LogP contribution in [0.5, 0.6) is 5.75 Å². The van der Waals surface area contributed by atoms with Crippen molar-refractivity contribution in [3.63, 3.8) is 0 Å². The second-order valence-corrected chi connectivity index (χ2v) is 7.74. The molecule has 2 heterocycles. The van der Waals surface area contributed by atoms with Gasteiger partial charge in [-0.2, -0.15) is 0 Å². The molecule has 0 N–H and O–H groups in total. The largest absolute Gasteiger partial charge is 0.497 e. The Morgan fingerprint density at radius 2 is 2.15 bits per heavy atom. The molecule has 27 heavy (non-hydrogen) atoms. The van der Waals surface area contributed by atoms with E-state index in [1.54, 1.807) is 7.11 Å². The number of amides is 1. The van der Waals surface area contributed by atoms with E-state index in [4.69, 9.17) is 9.15 Å². The predicted octanol–water partition coefficient (Wildman–Crippen LogP) is 3.30. The highest BCUT2D eigenvalue weighted by Gasteiger charge is 2.27. The maximum absolute atomic E-state index is 12.5. The van der Waals surface area contributed by atoms with Gasteiger partial charge in [0, 0.05) is 32.4 Å². The Morgan fingerprint density at radius 1 is 1.33 bits per heavy atom. The molecule has 3 rings (SSSR count). The van der Waals surface area contributed by atoms with Gasteiger partial charge in [-0.05, 0) is 42.4 Å². The van der Waals surface area contributed by atoms with Crippen LogP contribution in [-0.4, -0.2) is 41.2 Å². The summed E-state index contributed by atoms with van der Waals surface area (Å²) in [6.07, 6.45) is 3.82. The van der Waals surface area contributed by atoms with Crippen molar-refractivity contribution >= 4 is 5.91 Å². The van der Waals surface area contributed by atoms with E-state index in [9.17, 15) is 4.79 Å². The summed E-state index contributed by atoms with van der Waals surface area (Å²) < 4.78 is 11.0. The normalized spacial score (nSPS) is 16.9. The first-order chi connectivity index (χ1) is 13.0. The van der Waals surface area contributed by atoms with Crippen LogP contribution in [0.15, 0.2) is 28.7 Å². The first-order valence-electron chi connectivity index (χ1n) is 9.75. The number of ether oxygens (including phenoxy) is 1. The minimum absolute atomic E-state index is 0.214. The maximum Gasteiger partial charge on any atom is 0.222 e. The molecule has 6 heteroatoms. The number of hydrogen-bond acceptors (Lipinski definition) is 5. The second-order valence-electron chi connectivity index (χ2n) is 7.74. The first kappa shape index (κ1) is 19.4. The van der Waals surface area contributed by atoms with E-state index in [0.717, 1.165) is 50.1 Å². The Morgan fingerprint density at radius 3 is 2.93 bits per heavy atom. The van der Waals surface area contributed by atoms with Crippen molar-refractivity contribution in [2.24, 2.45) is 11.8 Å². The van der Waals surface area contributed by atoms with Gasteiger partial charge in [-0.3, -0.25) is 4.79 Å². The quantitative estimate of drug-likeness (QED) is 0.712. The van der Waals surface area contributed by atoms with Crippen LogP contribution >= 0.6 is 0 Å². The summed E-state index contributed by atoms with van der Waals surface area (Å²) in [5.74, 6) is 3.36. The number of rotatable bonds is 8. The van der Waals surface area contributed by atoms with Crippen LogP contribution in [0.4, 0.5) is 0 Å². The van der Waals surface area contributed by atoms with E-state index in [2.05, 4.69) is 24.0 Å². The maximum atomic E-state index is 12.5. The van der Waals surface area contributed by atoms with E-state index in [0.29, 0.717) is 30.0 Å². The van der Waals surface area contributed by atoms with Crippen LogP contribution in [0.2, 0.25) is 0 Å². The van der Waals surface area contributed by atoms with E-state index in [1.807, 2.05) is 29.2 Å². The number of hydrogen-bond donors (Lipinski definition) is 0. The lowest BCUT2D eigenvalue weighted by molar-refractivity contribution is -0.130. The van der Waals surface area contributed by atoms with Crippen molar-refractivity contribution in [2.45, 2.75) is 46.0 Å². The first-order valence-corrected chi connectivity index (χ1v) is 9.75. The molecule has 1 atom stereocenters. The van der Waals surface area contributed by atoms with Crippen molar-refractivity contribution in [1.82, 2.24) is 15.1 Å². The average Bonchev–Trinajstić information content (AvgIpc) is 3.29. The number of likely N-dealkylation sites (tertiary alicyclic amines) is 1. The average molecular weight is 371 g/mol. The molecule has 2 aromatic rings. The second kappa shape index (κ2) is 9.02. The number of nitrogens with zero attached hydrogens (tertiary/aromatic N) is 3. The van der Waals surface area contributed by atoms with Gasteiger partial charge in [0.1, 0.15) is 5.75 Å². The highest BCUT2D eigenvalue weighted by atomic mass is 16.5. The lowest BCUT2D eigenvalue weighted by atomic mass is 10.1. The number of benzene rings is 1. The molecule has 1 aromatic carbocycles. The lowest BCUT2D eigenvalue weighted by Crippen LogP contribution is -2.29. The van der Waals surface area contributed by atoms with Crippen molar-refractivity contribution in [1.29, 1.82) is 0 Å². The van der Waals surface area contributed by atoms with Gasteiger partial charge in [-0.15, -0.1) is 10.2 Å². The van der Waals surface area contributed by atoms with Gasteiger partial charge in [0.2, 0.25) is 17.7 Å². The molecule has 1 unspecified atom stereocenters. The zero-order chi connectivity index (χ0) is 19.2. The van der Waals surface area contributed by atoms with Gasteiger partial charge in [0.25, 0.3) is 0 Å². The van der Waals surface area contributed by atoms with Crippen molar-refractivity contribution < 1.29 is 13.9 Å². The van der Waals surface area contributed by atoms with Gasteiger partial charge in [-0.1, -0.05) is 26.0 Å². The molecule has 1 aromatic heterocycles. The van der Waals surface area contributed by atoms with Crippen molar-refractivity contribution in [2.75, 3.05) is 20.2 Å². The predicted molar refractivity (Wildman–Crippen MR) is 103 cm³/mol. The molecule has 146 valence electrons. The highest BCUT2D eigenvalue weighted by molar-refractivity contribution is 5.76. The third-order valence-corrected chi connectivity index (χ3v) is 4.96. The number of aryl methyl sites for hydroxylation is 1. The standard InChI is InChI=1S/C21H29N3O3/c1-15(2)11-19-22-23-20(27-19)13-17-9-10-24(14-17)21(25)8-7-16-5-4-6-18(12-16)26-3/h4-6,12,15,17H,7-11,13-14H2,1-3H3. The minimum atomic E-state index is 0.214. The fourth-order valence-corrected chi connectivity index (χ4v) is 3.51. The summed E-state index contributed by atoms with van der Waals surface area (Å²) in [7, 11) is 1.66. The Bertz CT molecular complexity index is 757. The molecule has 1 fully saturated rings. The van der Waals surface area contributed by atoms with E-state index in [-0.39, 0.29) is 5.91 Å². The number of methoxy groups -OCH3 is 1. The Labute approximate surface area is 160 Å². The molecule has 1 saturated heterocycles. The van der Waals surface area contributed by atoms with Gasteiger partial charge in [0.05, 0.1) is 7.11 Å². The Balaban J connectivity index is 1.45. The summed E-state index contributed by atoms with van der Waals surface area (Å²) in [6.45, 7) is 5.86. The van der Waals surface area contributed by atoms with Gasteiger partial charge in [-0.25, -0.2) is 0 Å². The van der Waals surface area contributed by atoms with Crippen molar-refractivity contribution in [3.05, 3.63) is 41.6 Å². The molecule has 1 aliphatic heterocycles. The van der Waals surface area contributed by atoms with E-state index >= 15 is 0 Å². The molecule has 1 amide bonds. The third kappa shape index (κ3) is 5.55. The van der Waals surface area contributed by atoms with E-state index < -0.39 is 0 Å². The Hall–Kier alpha value is -2.37. The summed E-state index contributed by atoms with van der Waals surface area (Å²) >= 11 is 0. The number of carbonyl (C=O) groups is 1. The molecule has 0 spiro atoms. The molecular weight excluding hydrogens is 342 g/mol. The van der Waals surface area contributed by atoms with Crippen LogP contribution < -0.4 is 4.74 Å². The topological polar surface area (TPSA) is 68.5 Å². The van der Waals surface area contributed by atoms with Crippen LogP contribution in [0.3, 0.4) is 0 Å². The summed E-state index contributed by atoms with van der Waals surface area (Å²) in [5, 5.41) is 8.29. The smallest absolute Gasteiger partial charge is 0.222 e. The van der Waals surface area contributed by atoms with Crippen LogP contribution in [0.25, 0.3) is 0 Å². The van der Waals surface area contributed by atoms with Crippen LogP contribution in [-0.2, 0) is 24.1 Å². The zero-order valence-electron chi connectivity index (χ0n) is 16.5. The van der Waals surface area contributed by atoms with Crippen LogP contribution in [0, 0.1) is 11.8 Å². The summed E-state index contributed by atoms with van der Waals surface area (Å²) in [5.41, 5.74) is 1.13. The zero-order valence-corrected chi connectivity index (χ0v) is 16.5. The SMILES string of the molecule is COc1cccc(CCC(=O)N2CCC(Cc3nnc(CC(C)C)o3)C2)c1. The summed E-state index contributed by atoms with van der Waals surface area (Å²) in [4.78, 5) is 14.5. The monoisotopic (exact) mass is 371 g/mol.